The Hall–Kier alpha value is -0.0800. The van der Waals surface area contributed by atoms with Crippen LogP contribution >= 0.6 is 0 Å². The fourth-order valence-corrected chi connectivity index (χ4v) is 2.08. The summed E-state index contributed by atoms with van der Waals surface area (Å²) in [5, 5.41) is 3.39. The third kappa shape index (κ3) is 3.58. The lowest BCUT2D eigenvalue weighted by Gasteiger charge is -2.38. The highest BCUT2D eigenvalue weighted by Crippen LogP contribution is 2.33. The first kappa shape index (κ1) is 12.0. The van der Waals surface area contributed by atoms with Gasteiger partial charge in [-0.1, -0.05) is 27.2 Å². The minimum atomic E-state index is 0.634. The minimum Gasteiger partial charge on any atom is -0.316 e. The van der Waals surface area contributed by atoms with E-state index in [1.54, 1.807) is 0 Å². The topological polar surface area (TPSA) is 15.3 Å². The second-order valence-electron chi connectivity index (χ2n) is 4.86. The van der Waals surface area contributed by atoms with Crippen LogP contribution < -0.4 is 5.32 Å². The van der Waals surface area contributed by atoms with E-state index in [0.29, 0.717) is 5.41 Å². The number of hydrogen-bond donors (Lipinski definition) is 1. The Balaban J connectivity index is 2.15. The third-order valence-electron chi connectivity index (χ3n) is 3.77. The molecule has 0 saturated carbocycles. The maximum absolute atomic E-state index is 3.39. The van der Waals surface area contributed by atoms with Gasteiger partial charge in [0.15, 0.2) is 0 Å². The summed E-state index contributed by atoms with van der Waals surface area (Å²) in [6.45, 7) is 13.0. The van der Waals surface area contributed by atoms with Gasteiger partial charge in [-0.2, -0.15) is 0 Å². The molecule has 0 aromatic carbocycles. The molecule has 1 rings (SSSR count). The van der Waals surface area contributed by atoms with Crippen LogP contribution in [0.15, 0.2) is 0 Å². The molecule has 0 atom stereocenters. The molecule has 2 nitrogen and oxygen atoms in total. The molecule has 14 heavy (non-hydrogen) atoms. The molecular weight excluding hydrogens is 172 g/mol. The van der Waals surface area contributed by atoms with Crippen LogP contribution in [0.3, 0.4) is 0 Å². The number of piperidine rings is 1. The molecule has 2 heteroatoms. The summed E-state index contributed by atoms with van der Waals surface area (Å²) in [4.78, 5) is 2.60. The predicted molar refractivity (Wildman–Crippen MR) is 62.6 cm³/mol. The van der Waals surface area contributed by atoms with E-state index >= 15 is 0 Å². The van der Waals surface area contributed by atoms with E-state index in [2.05, 4.69) is 31.0 Å². The van der Waals surface area contributed by atoms with E-state index in [4.69, 9.17) is 0 Å². The summed E-state index contributed by atoms with van der Waals surface area (Å²) < 4.78 is 0. The van der Waals surface area contributed by atoms with E-state index in [9.17, 15) is 0 Å². The maximum Gasteiger partial charge on any atom is 0.0107 e. The van der Waals surface area contributed by atoms with Crippen LogP contribution in [-0.4, -0.2) is 37.6 Å². The van der Waals surface area contributed by atoms with Crippen LogP contribution in [0.5, 0.6) is 0 Å². The lowest BCUT2D eigenvalue weighted by atomic mass is 9.78. The second kappa shape index (κ2) is 5.72. The summed E-state index contributed by atoms with van der Waals surface area (Å²) in [6, 6.07) is 0. The molecule has 1 heterocycles. The molecule has 1 aliphatic rings. The number of rotatable bonds is 5. The lowest BCUT2D eigenvalue weighted by Crippen LogP contribution is -2.41. The molecule has 1 saturated heterocycles. The molecule has 0 unspecified atom stereocenters. The van der Waals surface area contributed by atoms with Gasteiger partial charge in [-0.25, -0.2) is 0 Å². The minimum absolute atomic E-state index is 0.634. The molecule has 1 aliphatic heterocycles. The van der Waals surface area contributed by atoms with Crippen molar-refractivity contribution >= 4 is 0 Å². The smallest absolute Gasteiger partial charge is 0.0107 e. The average Bonchev–Trinajstić information content (AvgIpc) is 2.22. The van der Waals surface area contributed by atoms with Crippen molar-refractivity contribution in [1.29, 1.82) is 0 Å². The Morgan fingerprint density at radius 1 is 1.21 bits per heavy atom. The summed E-state index contributed by atoms with van der Waals surface area (Å²) in [5.41, 5.74) is 0.634. The fourth-order valence-electron chi connectivity index (χ4n) is 2.08. The molecular formula is C12H26N2. The summed E-state index contributed by atoms with van der Waals surface area (Å²) >= 11 is 0. The number of nitrogens with zero attached hydrogens (tertiary/aromatic N) is 1. The highest BCUT2D eigenvalue weighted by atomic mass is 15.1. The second-order valence-corrected chi connectivity index (χ2v) is 4.86. The maximum atomic E-state index is 3.39. The van der Waals surface area contributed by atoms with E-state index in [0.717, 1.165) is 13.1 Å². The highest BCUT2D eigenvalue weighted by molar-refractivity contribution is 4.81. The third-order valence-corrected chi connectivity index (χ3v) is 3.77. The fraction of sp³-hybridized carbons (Fsp3) is 1.00. The van der Waals surface area contributed by atoms with Crippen molar-refractivity contribution in [2.75, 3.05) is 32.7 Å². The molecule has 0 aliphatic carbocycles. The summed E-state index contributed by atoms with van der Waals surface area (Å²) in [6.07, 6.45) is 4.11. The quantitative estimate of drug-likeness (QED) is 0.681. The van der Waals surface area contributed by atoms with Crippen LogP contribution in [0.25, 0.3) is 0 Å². The van der Waals surface area contributed by atoms with Gasteiger partial charge in [-0.15, -0.1) is 0 Å². The molecule has 0 radical (unpaired) electrons. The average molecular weight is 198 g/mol. The number of likely N-dealkylation sites (tertiary alicyclic amines) is 1. The van der Waals surface area contributed by atoms with Gasteiger partial charge in [0.05, 0.1) is 0 Å². The Morgan fingerprint density at radius 2 is 1.86 bits per heavy atom. The zero-order chi connectivity index (χ0) is 10.4. The van der Waals surface area contributed by atoms with Crippen molar-refractivity contribution in [3.05, 3.63) is 0 Å². The van der Waals surface area contributed by atoms with Gasteiger partial charge in [-0.05, 0) is 37.9 Å². The monoisotopic (exact) mass is 198 g/mol. The van der Waals surface area contributed by atoms with Crippen LogP contribution in [0.2, 0.25) is 0 Å². The van der Waals surface area contributed by atoms with Gasteiger partial charge in [0.2, 0.25) is 0 Å². The van der Waals surface area contributed by atoms with E-state index in [1.165, 1.54) is 38.9 Å². The molecule has 0 spiro atoms. The Kier molecular flexibility index (Phi) is 4.90. The predicted octanol–water partition coefficient (Wildman–Crippen LogP) is 2.11. The normalized spacial score (nSPS) is 22.5. The van der Waals surface area contributed by atoms with E-state index in [1.807, 2.05) is 0 Å². The van der Waals surface area contributed by atoms with Gasteiger partial charge in [-0.3, -0.25) is 0 Å². The van der Waals surface area contributed by atoms with Gasteiger partial charge in [0, 0.05) is 13.1 Å². The van der Waals surface area contributed by atoms with Gasteiger partial charge < -0.3 is 10.2 Å². The van der Waals surface area contributed by atoms with E-state index in [-0.39, 0.29) is 0 Å². The zero-order valence-corrected chi connectivity index (χ0v) is 10.1. The summed E-state index contributed by atoms with van der Waals surface area (Å²) in [7, 11) is 0. The summed E-state index contributed by atoms with van der Waals surface area (Å²) in [5.74, 6) is 0. The first-order valence-corrected chi connectivity index (χ1v) is 6.13. The van der Waals surface area contributed by atoms with Gasteiger partial charge in [0.25, 0.3) is 0 Å². The van der Waals surface area contributed by atoms with Crippen molar-refractivity contribution in [3.63, 3.8) is 0 Å². The molecule has 0 aromatic rings. The van der Waals surface area contributed by atoms with Crippen molar-refractivity contribution in [3.8, 4) is 0 Å². The van der Waals surface area contributed by atoms with Gasteiger partial charge in [0.1, 0.15) is 0 Å². The van der Waals surface area contributed by atoms with Crippen molar-refractivity contribution in [2.45, 2.75) is 40.0 Å². The Morgan fingerprint density at radius 3 is 2.36 bits per heavy atom. The molecule has 84 valence electrons. The molecule has 0 amide bonds. The van der Waals surface area contributed by atoms with Gasteiger partial charge >= 0.3 is 0 Å². The van der Waals surface area contributed by atoms with Crippen LogP contribution in [0, 0.1) is 5.41 Å². The molecule has 1 N–H and O–H groups in total. The number of hydrogen-bond acceptors (Lipinski definition) is 2. The van der Waals surface area contributed by atoms with Crippen molar-refractivity contribution in [1.82, 2.24) is 10.2 Å². The SMILES string of the molecule is CCNCCN1CCC(C)(CC)CC1. The number of likely N-dealkylation sites (N-methyl/N-ethyl adjacent to an activating group) is 1. The van der Waals surface area contributed by atoms with Crippen molar-refractivity contribution in [2.24, 2.45) is 5.41 Å². The van der Waals surface area contributed by atoms with Crippen LogP contribution in [0.1, 0.15) is 40.0 Å². The first-order chi connectivity index (χ1) is 6.70. The van der Waals surface area contributed by atoms with E-state index < -0.39 is 0 Å². The lowest BCUT2D eigenvalue weighted by molar-refractivity contribution is 0.115. The number of nitrogens with one attached hydrogen (secondary N) is 1. The first-order valence-electron chi connectivity index (χ1n) is 6.13. The van der Waals surface area contributed by atoms with Crippen LogP contribution in [0.4, 0.5) is 0 Å². The Bertz CT molecular complexity index is 148. The highest BCUT2D eigenvalue weighted by Gasteiger charge is 2.27. The molecule has 0 bridgehead atoms. The van der Waals surface area contributed by atoms with Crippen molar-refractivity contribution < 1.29 is 0 Å². The zero-order valence-electron chi connectivity index (χ0n) is 10.1. The largest absolute Gasteiger partial charge is 0.316 e. The molecule has 1 fully saturated rings. The van der Waals surface area contributed by atoms with Crippen LogP contribution in [-0.2, 0) is 0 Å². The molecule has 0 aromatic heterocycles. The Labute approximate surface area is 89.1 Å². The standard InChI is InChI=1S/C12H26N2/c1-4-12(3)6-9-14(10-7-12)11-8-13-5-2/h13H,4-11H2,1-3H3.